The fourth-order valence-corrected chi connectivity index (χ4v) is 2.29. The molecule has 22 heavy (non-hydrogen) atoms. The number of hydrogen-bond donors (Lipinski definition) is 1. The lowest BCUT2D eigenvalue weighted by atomic mass is 10.0. The molecular formula is C19H34O3. The number of unbranched alkanes of at least 4 members (excludes halogenated alkanes) is 8. The van der Waals surface area contributed by atoms with Gasteiger partial charge < -0.3 is 9.84 Å². The molecule has 1 N–H and O–H groups in total. The van der Waals surface area contributed by atoms with Crippen molar-refractivity contribution in [2.45, 2.75) is 104 Å². The maximum Gasteiger partial charge on any atom is 0.303 e. The van der Waals surface area contributed by atoms with Crippen LogP contribution < -0.4 is 0 Å². The monoisotopic (exact) mass is 310 g/mol. The van der Waals surface area contributed by atoms with Gasteiger partial charge in [0.05, 0.1) is 0 Å². The van der Waals surface area contributed by atoms with E-state index in [2.05, 4.69) is 18.8 Å². The first-order chi connectivity index (χ1) is 10.6. The second-order valence-electron chi connectivity index (χ2n) is 5.93. The quantitative estimate of drug-likeness (QED) is 0.325. The molecule has 0 spiro atoms. The van der Waals surface area contributed by atoms with Crippen LogP contribution in [-0.2, 0) is 9.53 Å². The highest BCUT2D eigenvalue weighted by Gasteiger charge is 2.08. The standard InChI is InChI=1S/C19H34O3/c1-4-6-7-8-9-10-11-12-13-14-19(22-17(3)20)16-15-18(21)5-2/h18-19,21H,4-14H2,1-3H3. The summed E-state index contributed by atoms with van der Waals surface area (Å²) in [5.41, 5.74) is 0. The normalized spacial score (nSPS) is 13.1. The van der Waals surface area contributed by atoms with Crippen LogP contribution >= 0.6 is 0 Å². The van der Waals surface area contributed by atoms with E-state index in [9.17, 15) is 9.90 Å². The summed E-state index contributed by atoms with van der Waals surface area (Å²) in [6.07, 6.45) is 11.8. The molecule has 0 aliphatic carbocycles. The van der Waals surface area contributed by atoms with E-state index < -0.39 is 6.10 Å². The van der Waals surface area contributed by atoms with Crippen LogP contribution in [0.1, 0.15) is 91.4 Å². The van der Waals surface area contributed by atoms with Gasteiger partial charge in [0.1, 0.15) is 6.10 Å². The predicted octanol–water partition coefficient (Wildman–Crippen LogP) is 4.61. The molecule has 0 bridgehead atoms. The summed E-state index contributed by atoms with van der Waals surface area (Å²) in [5, 5.41) is 9.46. The third kappa shape index (κ3) is 13.9. The third-order valence-corrected chi connectivity index (χ3v) is 3.68. The van der Waals surface area contributed by atoms with E-state index >= 15 is 0 Å². The maximum atomic E-state index is 11.1. The van der Waals surface area contributed by atoms with Crippen LogP contribution in [-0.4, -0.2) is 23.3 Å². The molecule has 128 valence electrons. The van der Waals surface area contributed by atoms with E-state index in [4.69, 9.17) is 4.74 Å². The van der Waals surface area contributed by atoms with Gasteiger partial charge in [0.25, 0.3) is 0 Å². The molecule has 3 heteroatoms. The Balaban J connectivity index is 3.79. The summed E-state index contributed by atoms with van der Waals surface area (Å²) in [6.45, 7) is 5.52. The van der Waals surface area contributed by atoms with Gasteiger partial charge in [0.15, 0.2) is 6.10 Å². The van der Waals surface area contributed by atoms with Crippen LogP contribution in [0.25, 0.3) is 0 Å². The SMILES string of the molecule is CCCCCCCCCCCC(C#CC(O)CC)OC(C)=O. The first-order valence-corrected chi connectivity index (χ1v) is 8.96. The Morgan fingerprint density at radius 3 is 2.00 bits per heavy atom. The zero-order valence-corrected chi connectivity index (χ0v) is 14.7. The Kier molecular flexibility index (Phi) is 14.2. The van der Waals surface area contributed by atoms with Crippen LogP contribution in [0.2, 0.25) is 0 Å². The average Bonchev–Trinajstić information content (AvgIpc) is 2.49. The lowest BCUT2D eigenvalue weighted by Gasteiger charge is -2.11. The number of carbonyl (C=O) groups is 1. The second-order valence-corrected chi connectivity index (χ2v) is 5.93. The number of ether oxygens (including phenoxy) is 1. The van der Waals surface area contributed by atoms with Crippen LogP contribution in [0.15, 0.2) is 0 Å². The minimum atomic E-state index is -0.624. The molecule has 0 amide bonds. The summed E-state index contributed by atoms with van der Waals surface area (Å²) in [5.74, 6) is 5.33. The van der Waals surface area contributed by atoms with E-state index in [1.165, 1.54) is 51.9 Å². The van der Waals surface area contributed by atoms with Gasteiger partial charge in [-0.2, -0.15) is 0 Å². The van der Waals surface area contributed by atoms with Crippen molar-refractivity contribution in [2.75, 3.05) is 0 Å². The molecule has 0 saturated carbocycles. The highest BCUT2D eigenvalue weighted by Crippen LogP contribution is 2.12. The molecule has 0 radical (unpaired) electrons. The van der Waals surface area contributed by atoms with E-state index in [1.807, 2.05) is 6.92 Å². The first-order valence-electron chi connectivity index (χ1n) is 8.96. The summed E-state index contributed by atoms with van der Waals surface area (Å²) in [4.78, 5) is 11.1. The average molecular weight is 310 g/mol. The highest BCUT2D eigenvalue weighted by atomic mass is 16.5. The molecule has 2 atom stereocenters. The molecule has 0 saturated heterocycles. The number of hydrogen-bond acceptors (Lipinski definition) is 3. The summed E-state index contributed by atoms with van der Waals surface area (Å²) < 4.78 is 5.19. The van der Waals surface area contributed by atoms with Crippen LogP contribution in [0.3, 0.4) is 0 Å². The van der Waals surface area contributed by atoms with Crippen LogP contribution in [0.5, 0.6) is 0 Å². The van der Waals surface area contributed by atoms with Gasteiger partial charge in [-0.15, -0.1) is 0 Å². The first kappa shape index (κ1) is 21.0. The summed E-state index contributed by atoms with van der Waals surface area (Å²) in [6, 6.07) is 0. The molecule has 0 heterocycles. The Morgan fingerprint density at radius 2 is 1.50 bits per heavy atom. The smallest absolute Gasteiger partial charge is 0.303 e. The Bertz CT molecular complexity index is 327. The fraction of sp³-hybridized carbons (Fsp3) is 0.842. The number of carbonyl (C=O) groups excluding carboxylic acids is 1. The van der Waals surface area contributed by atoms with Crippen molar-refractivity contribution in [1.29, 1.82) is 0 Å². The van der Waals surface area contributed by atoms with E-state index in [1.54, 1.807) is 0 Å². The molecular weight excluding hydrogens is 276 g/mol. The van der Waals surface area contributed by atoms with Gasteiger partial charge in [0, 0.05) is 6.92 Å². The number of aliphatic hydroxyl groups is 1. The number of rotatable bonds is 12. The van der Waals surface area contributed by atoms with Gasteiger partial charge in [0.2, 0.25) is 0 Å². The molecule has 3 nitrogen and oxygen atoms in total. The highest BCUT2D eigenvalue weighted by molar-refractivity contribution is 5.66. The van der Waals surface area contributed by atoms with Crippen LogP contribution in [0, 0.1) is 11.8 Å². The molecule has 0 aliphatic heterocycles. The van der Waals surface area contributed by atoms with Gasteiger partial charge in [-0.05, 0) is 19.3 Å². The van der Waals surface area contributed by atoms with Crippen molar-refractivity contribution >= 4 is 5.97 Å². The minimum absolute atomic E-state index is 0.304. The zero-order chi connectivity index (χ0) is 16.6. The lowest BCUT2D eigenvalue weighted by molar-refractivity contribution is -0.144. The van der Waals surface area contributed by atoms with Gasteiger partial charge in [-0.1, -0.05) is 77.1 Å². The van der Waals surface area contributed by atoms with Crippen molar-refractivity contribution in [3.8, 4) is 11.8 Å². The molecule has 2 unspecified atom stereocenters. The largest absolute Gasteiger partial charge is 0.449 e. The fourth-order valence-electron chi connectivity index (χ4n) is 2.29. The molecule has 0 aromatic rings. The second kappa shape index (κ2) is 14.9. The van der Waals surface area contributed by atoms with Crippen molar-refractivity contribution in [3.05, 3.63) is 0 Å². The Hall–Kier alpha value is -1.01. The molecule has 0 aliphatic rings. The summed E-state index contributed by atoms with van der Waals surface area (Å²) >= 11 is 0. The number of esters is 1. The van der Waals surface area contributed by atoms with Crippen molar-refractivity contribution in [2.24, 2.45) is 0 Å². The topological polar surface area (TPSA) is 46.5 Å². The maximum absolute atomic E-state index is 11.1. The van der Waals surface area contributed by atoms with Gasteiger partial charge in [-0.25, -0.2) is 0 Å². The van der Waals surface area contributed by atoms with Crippen molar-refractivity contribution in [3.63, 3.8) is 0 Å². The van der Waals surface area contributed by atoms with Gasteiger partial charge >= 0.3 is 5.97 Å². The molecule has 0 rings (SSSR count). The van der Waals surface area contributed by atoms with E-state index in [-0.39, 0.29) is 12.1 Å². The van der Waals surface area contributed by atoms with E-state index in [0.717, 1.165) is 19.3 Å². The minimum Gasteiger partial charge on any atom is -0.449 e. The van der Waals surface area contributed by atoms with Gasteiger partial charge in [-0.3, -0.25) is 4.79 Å². The summed E-state index contributed by atoms with van der Waals surface area (Å²) in [7, 11) is 0. The molecule has 0 aromatic heterocycles. The number of aliphatic hydroxyl groups excluding tert-OH is 1. The van der Waals surface area contributed by atoms with Crippen LogP contribution in [0.4, 0.5) is 0 Å². The lowest BCUT2D eigenvalue weighted by Crippen LogP contribution is -2.15. The van der Waals surface area contributed by atoms with Crippen molar-refractivity contribution in [1.82, 2.24) is 0 Å². The predicted molar refractivity (Wildman–Crippen MR) is 91.5 cm³/mol. The zero-order valence-electron chi connectivity index (χ0n) is 14.7. The molecule has 0 fully saturated rings. The Labute approximate surface area is 136 Å². The van der Waals surface area contributed by atoms with E-state index in [0.29, 0.717) is 6.42 Å². The third-order valence-electron chi connectivity index (χ3n) is 3.68. The molecule has 0 aromatic carbocycles. The van der Waals surface area contributed by atoms with Crippen molar-refractivity contribution < 1.29 is 14.6 Å². The Morgan fingerprint density at radius 1 is 0.955 bits per heavy atom.